The fraction of sp³-hybridized carbons (Fsp3) is 0.556. The van der Waals surface area contributed by atoms with Gasteiger partial charge in [0.15, 0.2) is 5.13 Å². The molecule has 0 aliphatic heterocycles. The summed E-state index contributed by atoms with van der Waals surface area (Å²) in [4.78, 5) is 15.4. The van der Waals surface area contributed by atoms with Crippen molar-refractivity contribution in [3.8, 4) is 0 Å². The van der Waals surface area contributed by atoms with Gasteiger partial charge in [0.2, 0.25) is 5.91 Å². The van der Waals surface area contributed by atoms with Gasteiger partial charge >= 0.3 is 0 Å². The number of aryl methyl sites for hydroxylation is 1. The van der Waals surface area contributed by atoms with Crippen molar-refractivity contribution < 1.29 is 4.79 Å². The Bertz CT molecular complexity index is 298. The first-order chi connectivity index (χ1) is 6.76. The molecule has 2 N–H and O–H groups in total. The molecule has 0 saturated heterocycles. The number of rotatable bonds is 5. The zero-order valence-corrected chi connectivity index (χ0v) is 9.28. The number of hydrogen-bond acceptors (Lipinski definition) is 4. The topological polar surface area (TPSA) is 54.0 Å². The van der Waals surface area contributed by atoms with E-state index in [0.29, 0.717) is 13.1 Å². The largest absolute Gasteiger partial charge is 0.355 e. The maximum Gasteiger partial charge on any atom is 0.239 e. The maximum absolute atomic E-state index is 11.1. The summed E-state index contributed by atoms with van der Waals surface area (Å²) in [5, 5.41) is 8.50. The second kappa shape index (κ2) is 5.59. The minimum Gasteiger partial charge on any atom is -0.355 e. The molecular weight excluding hydrogens is 198 g/mol. The van der Waals surface area contributed by atoms with E-state index in [2.05, 4.69) is 22.5 Å². The third kappa shape index (κ3) is 3.33. The molecule has 0 radical (unpaired) electrons. The standard InChI is InChI=1S/C9H15N3OS/c1-3-7-6-14-9(12-7)11-5-8(13)10-4-2/h6H,3-5H2,1-2H3,(H,10,13)(H,11,12). The minimum absolute atomic E-state index is 0.000693. The summed E-state index contributed by atoms with van der Waals surface area (Å²) >= 11 is 1.53. The number of anilines is 1. The van der Waals surface area contributed by atoms with Crippen LogP contribution in [-0.4, -0.2) is 24.0 Å². The number of likely N-dealkylation sites (N-methyl/N-ethyl adjacent to an activating group) is 1. The monoisotopic (exact) mass is 213 g/mol. The molecule has 1 rings (SSSR count). The van der Waals surface area contributed by atoms with E-state index >= 15 is 0 Å². The number of aromatic nitrogens is 1. The Labute approximate surface area is 87.7 Å². The zero-order valence-electron chi connectivity index (χ0n) is 8.46. The van der Waals surface area contributed by atoms with Gasteiger partial charge in [-0.3, -0.25) is 4.79 Å². The summed E-state index contributed by atoms with van der Waals surface area (Å²) < 4.78 is 0. The maximum atomic E-state index is 11.1. The molecule has 0 aliphatic carbocycles. The average molecular weight is 213 g/mol. The Morgan fingerprint density at radius 3 is 2.93 bits per heavy atom. The summed E-state index contributed by atoms with van der Waals surface area (Å²) in [5.74, 6) is 0.000693. The number of thiazole rings is 1. The summed E-state index contributed by atoms with van der Waals surface area (Å²) in [5.41, 5.74) is 1.06. The van der Waals surface area contributed by atoms with Crippen molar-refractivity contribution in [2.45, 2.75) is 20.3 Å². The van der Waals surface area contributed by atoms with E-state index < -0.39 is 0 Å². The van der Waals surface area contributed by atoms with Gasteiger partial charge in [0.1, 0.15) is 0 Å². The Morgan fingerprint density at radius 1 is 1.57 bits per heavy atom. The van der Waals surface area contributed by atoms with Crippen molar-refractivity contribution in [3.05, 3.63) is 11.1 Å². The van der Waals surface area contributed by atoms with Gasteiger partial charge in [-0.15, -0.1) is 11.3 Å². The first kappa shape index (κ1) is 11.0. The first-order valence-electron chi connectivity index (χ1n) is 4.71. The number of amides is 1. The number of nitrogens with one attached hydrogen (secondary N) is 2. The lowest BCUT2D eigenvalue weighted by Gasteiger charge is -2.02. The van der Waals surface area contributed by atoms with Crippen molar-refractivity contribution in [2.24, 2.45) is 0 Å². The molecule has 0 fully saturated rings. The Morgan fingerprint density at radius 2 is 2.36 bits per heavy atom. The van der Waals surface area contributed by atoms with Crippen LogP contribution in [0.1, 0.15) is 19.5 Å². The van der Waals surface area contributed by atoms with Crippen LogP contribution in [0.25, 0.3) is 0 Å². The van der Waals surface area contributed by atoms with Gasteiger partial charge in [-0.25, -0.2) is 4.98 Å². The van der Waals surface area contributed by atoms with E-state index in [0.717, 1.165) is 17.2 Å². The molecule has 0 bridgehead atoms. The Hall–Kier alpha value is -1.10. The van der Waals surface area contributed by atoms with Crippen LogP contribution in [-0.2, 0) is 11.2 Å². The molecule has 0 aliphatic rings. The quantitative estimate of drug-likeness (QED) is 0.774. The van der Waals surface area contributed by atoms with Crippen molar-refractivity contribution in [2.75, 3.05) is 18.4 Å². The highest BCUT2D eigenvalue weighted by molar-refractivity contribution is 7.13. The number of hydrogen-bond donors (Lipinski definition) is 2. The molecule has 1 aromatic rings. The van der Waals surface area contributed by atoms with Crippen LogP contribution in [0.5, 0.6) is 0 Å². The minimum atomic E-state index is 0.000693. The Balaban J connectivity index is 2.34. The van der Waals surface area contributed by atoms with E-state index in [4.69, 9.17) is 0 Å². The molecule has 1 heterocycles. The van der Waals surface area contributed by atoms with Gasteiger partial charge in [-0.05, 0) is 13.3 Å². The van der Waals surface area contributed by atoms with Gasteiger partial charge in [-0.1, -0.05) is 6.92 Å². The molecule has 14 heavy (non-hydrogen) atoms. The molecule has 0 aromatic carbocycles. The third-order valence-corrected chi connectivity index (χ3v) is 2.54. The molecule has 78 valence electrons. The summed E-state index contributed by atoms with van der Waals surface area (Å²) in [7, 11) is 0. The van der Waals surface area contributed by atoms with Crippen molar-refractivity contribution in [3.63, 3.8) is 0 Å². The Kier molecular flexibility index (Phi) is 4.39. The molecule has 0 spiro atoms. The van der Waals surface area contributed by atoms with Gasteiger partial charge in [0, 0.05) is 11.9 Å². The fourth-order valence-electron chi connectivity index (χ4n) is 0.966. The average Bonchev–Trinajstić information content (AvgIpc) is 2.63. The highest BCUT2D eigenvalue weighted by Crippen LogP contribution is 2.14. The number of carbonyl (C=O) groups is 1. The fourth-order valence-corrected chi connectivity index (χ4v) is 1.76. The highest BCUT2D eigenvalue weighted by atomic mass is 32.1. The number of nitrogens with zero attached hydrogens (tertiary/aromatic N) is 1. The van der Waals surface area contributed by atoms with Crippen molar-refractivity contribution in [1.29, 1.82) is 0 Å². The molecule has 0 atom stereocenters. The SMILES string of the molecule is CCNC(=O)CNc1nc(CC)cs1. The van der Waals surface area contributed by atoms with Crippen molar-refractivity contribution in [1.82, 2.24) is 10.3 Å². The predicted octanol–water partition coefficient (Wildman–Crippen LogP) is 1.25. The molecule has 4 nitrogen and oxygen atoms in total. The summed E-state index contributed by atoms with van der Waals surface area (Å²) in [6.07, 6.45) is 0.930. The first-order valence-corrected chi connectivity index (χ1v) is 5.59. The van der Waals surface area contributed by atoms with Crippen LogP contribution in [0, 0.1) is 0 Å². The van der Waals surface area contributed by atoms with Gasteiger partial charge in [0.25, 0.3) is 0 Å². The predicted molar refractivity (Wildman–Crippen MR) is 58.7 cm³/mol. The normalized spacial score (nSPS) is 9.86. The van der Waals surface area contributed by atoms with E-state index in [1.165, 1.54) is 11.3 Å². The smallest absolute Gasteiger partial charge is 0.239 e. The van der Waals surface area contributed by atoms with Gasteiger partial charge in [0.05, 0.1) is 12.2 Å². The van der Waals surface area contributed by atoms with Crippen LogP contribution in [0.2, 0.25) is 0 Å². The molecular formula is C9H15N3OS. The second-order valence-corrected chi connectivity index (χ2v) is 3.66. The molecule has 1 amide bonds. The van der Waals surface area contributed by atoms with E-state index in [-0.39, 0.29) is 5.91 Å². The highest BCUT2D eigenvalue weighted by Gasteiger charge is 2.02. The van der Waals surface area contributed by atoms with Crippen LogP contribution < -0.4 is 10.6 Å². The van der Waals surface area contributed by atoms with Crippen LogP contribution in [0.3, 0.4) is 0 Å². The van der Waals surface area contributed by atoms with Crippen LogP contribution in [0.15, 0.2) is 5.38 Å². The lowest BCUT2D eigenvalue weighted by Crippen LogP contribution is -2.29. The number of carbonyl (C=O) groups excluding carboxylic acids is 1. The van der Waals surface area contributed by atoms with Crippen LogP contribution in [0.4, 0.5) is 5.13 Å². The summed E-state index contributed by atoms with van der Waals surface area (Å²) in [6.45, 7) is 4.92. The van der Waals surface area contributed by atoms with E-state index in [1.807, 2.05) is 12.3 Å². The van der Waals surface area contributed by atoms with E-state index in [9.17, 15) is 4.79 Å². The van der Waals surface area contributed by atoms with Gasteiger partial charge < -0.3 is 10.6 Å². The second-order valence-electron chi connectivity index (χ2n) is 2.80. The molecule has 1 aromatic heterocycles. The van der Waals surface area contributed by atoms with Crippen molar-refractivity contribution >= 4 is 22.4 Å². The lowest BCUT2D eigenvalue weighted by atomic mass is 10.4. The van der Waals surface area contributed by atoms with Gasteiger partial charge in [-0.2, -0.15) is 0 Å². The zero-order chi connectivity index (χ0) is 10.4. The lowest BCUT2D eigenvalue weighted by molar-refractivity contribution is -0.119. The molecule has 0 unspecified atom stereocenters. The third-order valence-electron chi connectivity index (χ3n) is 1.69. The van der Waals surface area contributed by atoms with Crippen LogP contribution >= 0.6 is 11.3 Å². The summed E-state index contributed by atoms with van der Waals surface area (Å²) in [6, 6.07) is 0. The van der Waals surface area contributed by atoms with E-state index in [1.54, 1.807) is 0 Å². The molecule has 5 heteroatoms. The molecule has 0 saturated carbocycles.